The number of ether oxygens (including phenoxy) is 1. The molecule has 9 heteroatoms. The van der Waals surface area contributed by atoms with Crippen LogP contribution >= 0.6 is 0 Å². The van der Waals surface area contributed by atoms with Gasteiger partial charge in [0, 0.05) is 0 Å². The van der Waals surface area contributed by atoms with Gasteiger partial charge in [-0.1, -0.05) is 5.92 Å². The molecule has 0 radical (unpaired) electrons. The van der Waals surface area contributed by atoms with Gasteiger partial charge in [0.15, 0.2) is 11.8 Å². The van der Waals surface area contributed by atoms with Gasteiger partial charge in [-0.05, 0) is 6.92 Å². The molecule has 2 rings (SSSR count). The molecule has 1 saturated heterocycles. The van der Waals surface area contributed by atoms with E-state index in [-0.39, 0.29) is 0 Å². The van der Waals surface area contributed by atoms with Gasteiger partial charge in [0.2, 0.25) is 5.82 Å². The highest BCUT2D eigenvalue weighted by Gasteiger charge is 2.55. The first-order valence-corrected chi connectivity index (χ1v) is 5.96. The summed E-state index contributed by atoms with van der Waals surface area (Å²) in [6, 6.07) is 0. The Labute approximate surface area is 117 Å². The number of rotatable bonds is 2. The highest BCUT2D eigenvalue weighted by molar-refractivity contribution is 5.22. The van der Waals surface area contributed by atoms with Crippen molar-refractivity contribution >= 4 is 0 Å². The molecule has 4 atom stereocenters. The highest BCUT2D eigenvalue weighted by Crippen LogP contribution is 2.37. The van der Waals surface area contributed by atoms with Crippen LogP contribution in [0.15, 0.2) is 15.8 Å². The lowest BCUT2D eigenvalue weighted by atomic mass is 9.94. The van der Waals surface area contributed by atoms with Crippen LogP contribution < -0.4 is 11.2 Å². The lowest BCUT2D eigenvalue weighted by Crippen LogP contribution is -2.48. The van der Waals surface area contributed by atoms with Crippen LogP contribution in [0.3, 0.4) is 0 Å². The molecule has 0 aromatic carbocycles. The second-order valence-corrected chi connectivity index (χ2v) is 4.50. The van der Waals surface area contributed by atoms with Gasteiger partial charge in [-0.15, -0.1) is 5.92 Å². The average Bonchev–Trinajstić information content (AvgIpc) is 2.67. The Balaban J connectivity index is 2.60. The lowest BCUT2D eigenvalue weighted by Gasteiger charge is -2.26. The monoisotopic (exact) mass is 300 g/mol. The van der Waals surface area contributed by atoms with Crippen LogP contribution in [0.2, 0.25) is 0 Å². The van der Waals surface area contributed by atoms with Crippen molar-refractivity contribution in [3.05, 3.63) is 32.9 Å². The number of nitrogens with zero attached hydrogens (tertiary/aromatic N) is 1. The standard InChI is InChI=1S/C12H13FN2O6/c1-2-3-12(20)8(17)7(5-16)21-10(12)15-4-6(13)9(18)14-11(15)19/h4,7-8,10,16-17,20H,5H2,1H3,(H,14,18,19)/t7-,8+,10-,12?/m1/s1. The summed E-state index contributed by atoms with van der Waals surface area (Å²) in [6.45, 7) is 0.732. The maximum atomic E-state index is 13.3. The van der Waals surface area contributed by atoms with E-state index >= 15 is 0 Å². The minimum atomic E-state index is -2.24. The van der Waals surface area contributed by atoms with Crippen LogP contribution in [0.25, 0.3) is 0 Å². The molecular formula is C12H13FN2O6. The van der Waals surface area contributed by atoms with Crippen molar-refractivity contribution in [3.8, 4) is 11.8 Å². The van der Waals surface area contributed by atoms with Gasteiger partial charge in [0.05, 0.1) is 12.8 Å². The van der Waals surface area contributed by atoms with Crippen molar-refractivity contribution in [2.45, 2.75) is 31.0 Å². The van der Waals surface area contributed by atoms with Crippen LogP contribution in [-0.2, 0) is 4.74 Å². The van der Waals surface area contributed by atoms with Crippen LogP contribution in [0, 0.1) is 17.7 Å². The molecule has 0 spiro atoms. The van der Waals surface area contributed by atoms with Gasteiger partial charge < -0.3 is 20.1 Å². The molecule has 0 saturated carbocycles. The molecule has 4 N–H and O–H groups in total. The third-order valence-electron chi connectivity index (χ3n) is 3.17. The molecule has 1 unspecified atom stereocenters. The fourth-order valence-electron chi connectivity index (χ4n) is 2.16. The summed E-state index contributed by atoms with van der Waals surface area (Å²) in [6.07, 6.45) is -3.89. The second kappa shape index (κ2) is 5.42. The van der Waals surface area contributed by atoms with Gasteiger partial charge in [0.25, 0.3) is 5.56 Å². The van der Waals surface area contributed by atoms with E-state index in [1.807, 2.05) is 0 Å². The summed E-state index contributed by atoms with van der Waals surface area (Å²) >= 11 is 0. The van der Waals surface area contributed by atoms with Gasteiger partial charge in [-0.25, -0.2) is 4.79 Å². The topological polar surface area (TPSA) is 125 Å². The number of aromatic nitrogens is 2. The van der Waals surface area contributed by atoms with Gasteiger partial charge >= 0.3 is 5.69 Å². The predicted octanol–water partition coefficient (Wildman–Crippen LogP) is -2.32. The number of aromatic amines is 1. The Morgan fingerprint density at radius 1 is 1.57 bits per heavy atom. The predicted molar refractivity (Wildman–Crippen MR) is 66.7 cm³/mol. The van der Waals surface area contributed by atoms with Crippen molar-refractivity contribution in [3.63, 3.8) is 0 Å². The van der Waals surface area contributed by atoms with Crippen LogP contribution in [-0.4, -0.2) is 49.3 Å². The summed E-state index contributed by atoms with van der Waals surface area (Å²) in [4.78, 5) is 24.4. The number of nitrogens with one attached hydrogen (secondary N) is 1. The second-order valence-electron chi connectivity index (χ2n) is 4.50. The third kappa shape index (κ3) is 2.38. The molecule has 21 heavy (non-hydrogen) atoms. The summed E-state index contributed by atoms with van der Waals surface area (Å²) < 4.78 is 19.1. The number of aliphatic hydroxyl groups excluding tert-OH is 2. The van der Waals surface area contributed by atoms with Crippen molar-refractivity contribution in [2.75, 3.05) is 6.61 Å². The minimum absolute atomic E-state index is 0.542. The highest BCUT2D eigenvalue weighted by atomic mass is 19.1. The van der Waals surface area contributed by atoms with E-state index in [9.17, 15) is 24.2 Å². The van der Waals surface area contributed by atoms with E-state index in [1.54, 1.807) is 4.98 Å². The average molecular weight is 300 g/mol. The fraction of sp³-hybridized carbons (Fsp3) is 0.500. The smallest absolute Gasteiger partial charge is 0.330 e. The Morgan fingerprint density at radius 2 is 2.24 bits per heavy atom. The van der Waals surface area contributed by atoms with E-state index in [1.165, 1.54) is 6.92 Å². The Kier molecular flexibility index (Phi) is 3.97. The quantitative estimate of drug-likeness (QED) is 0.455. The summed E-state index contributed by atoms with van der Waals surface area (Å²) in [5.41, 5.74) is -4.51. The molecule has 1 fully saturated rings. The van der Waals surface area contributed by atoms with Gasteiger partial charge in [-0.3, -0.25) is 14.3 Å². The summed E-state index contributed by atoms with van der Waals surface area (Å²) in [5, 5.41) is 29.5. The van der Waals surface area contributed by atoms with Crippen LogP contribution in [0.5, 0.6) is 0 Å². The molecule has 1 aliphatic heterocycles. The zero-order valence-corrected chi connectivity index (χ0v) is 10.9. The van der Waals surface area contributed by atoms with Crippen molar-refractivity contribution in [1.29, 1.82) is 0 Å². The number of hydrogen-bond donors (Lipinski definition) is 4. The normalized spacial score (nSPS) is 31.8. The first-order valence-electron chi connectivity index (χ1n) is 5.96. The van der Waals surface area contributed by atoms with E-state index in [0.717, 1.165) is 0 Å². The van der Waals surface area contributed by atoms with E-state index in [2.05, 4.69) is 11.8 Å². The first kappa shape index (κ1) is 15.4. The van der Waals surface area contributed by atoms with E-state index in [4.69, 9.17) is 9.84 Å². The zero-order valence-electron chi connectivity index (χ0n) is 10.9. The van der Waals surface area contributed by atoms with Crippen molar-refractivity contribution in [1.82, 2.24) is 9.55 Å². The van der Waals surface area contributed by atoms with Gasteiger partial charge in [-0.2, -0.15) is 4.39 Å². The maximum Gasteiger partial charge on any atom is 0.330 e. The van der Waals surface area contributed by atoms with Crippen molar-refractivity contribution < 1.29 is 24.4 Å². The largest absolute Gasteiger partial charge is 0.394 e. The maximum absolute atomic E-state index is 13.3. The molecule has 1 aromatic rings. The fourth-order valence-corrected chi connectivity index (χ4v) is 2.16. The molecule has 8 nitrogen and oxygen atoms in total. The minimum Gasteiger partial charge on any atom is -0.394 e. The SMILES string of the molecule is CC#CC1(O)[C@@H](O)[C@@H](CO)O[C@H]1n1cc(F)c(=O)[nH]c1=O. The third-order valence-corrected chi connectivity index (χ3v) is 3.17. The van der Waals surface area contributed by atoms with Gasteiger partial charge in [0.1, 0.15) is 12.2 Å². The lowest BCUT2D eigenvalue weighted by molar-refractivity contribution is -0.0769. The number of halogens is 1. The molecule has 114 valence electrons. The van der Waals surface area contributed by atoms with Crippen molar-refractivity contribution in [2.24, 2.45) is 0 Å². The molecule has 1 aliphatic rings. The van der Waals surface area contributed by atoms with Crippen LogP contribution in [0.1, 0.15) is 13.2 Å². The molecular weight excluding hydrogens is 287 g/mol. The molecule has 0 bridgehead atoms. The Hall–Kier alpha value is -1.99. The zero-order chi connectivity index (χ0) is 15.8. The Bertz CT molecular complexity index is 717. The van der Waals surface area contributed by atoms with E-state index < -0.39 is 47.7 Å². The molecule has 0 aliphatic carbocycles. The number of aliphatic hydroxyl groups is 3. The number of H-pyrrole nitrogens is 1. The Morgan fingerprint density at radius 3 is 2.81 bits per heavy atom. The summed E-state index contributed by atoms with van der Waals surface area (Å²) in [5.74, 6) is 3.39. The molecule has 2 heterocycles. The van der Waals surface area contributed by atoms with Crippen LogP contribution in [0.4, 0.5) is 4.39 Å². The molecule has 1 aromatic heterocycles. The van der Waals surface area contributed by atoms with E-state index in [0.29, 0.717) is 10.8 Å². The first-order chi connectivity index (χ1) is 9.85. The summed E-state index contributed by atoms with van der Waals surface area (Å²) in [7, 11) is 0. The number of hydrogen-bond acceptors (Lipinski definition) is 6. The molecule has 0 amide bonds.